The molecule has 1 fully saturated rings. The zero-order chi connectivity index (χ0) is 14.8. The van der Waals surface area contributed by atoms with E-state index in [2.05, 4.69) is 20.8 Å². The lowest BCUT2D eigenvalue weighted by Crippen LogP contribution is -2.37. The summed E-state index contributed by atoms with van der Waals surface area (Å²) in [5.41, 5.74) is 0.00845. The molecule has 0 radical (unpaired) electrons. The molecule has 0 aromatic heterocycles. The first kappa shape index (κ1) is 17.3. The maximum Gasteiger partial charge on any atom is 0.152 e. The van der Waals surface area contributed by atoms with Crippen molar-refractivity contribution in [2.45, 2.75) is 70.9 Å². The van der Waals surface area contributed by atoms with Gasteiger partial charge in [-0.2, -0.15) is 0 Å². The van der Waals surface area contributed by atoms with E-state index in [-0.39, 0.29) is 21.8 Å². The van der Waals surface area contributed by atoms with Crippen LogP contribution in [-0.2, 0) is 9.84 Å². The molecule has 0 aliphatic heterocycles. The molecule has 0 N–H and O–H groups in total. The Kier molecular flexibility index (Phi) is 5.77. The highest BCUT2D eigenvalue weighted by atomic mass is 35.5. The van der Waals surface area contributed by atoms with Crippen LogP contribution in [0.15, 0.2) is 0 Å². The number of sulfone groups is 1. The average molecular weight is 309 g/mol. The monoisotopic (exact) mass is 308 g/mol. The molecule has 4 heteroatoms. The van der Waals surface area contributed by atoms with E-state index in [1.807, 2.05) is 0 Å². The Morgan fingerprint density at radius 2 is 1.84 bits per heavy atom. The molecule has 1 aliphatic carbocycles. The van der Waals surface area contributed by atoms with Gasteiger partial charge in [0.2, 0.25) is 0 Å². The van der Waals surface area contributed by atoms with Crippen LogP contribution in [0.2, 0.25) is 0 Å². The molecule has 19 heavy (non-hydrogen) atoms. The number of rotatable bonds is 5. The van der Waals surface area contributed by atoms with Gasteiger partial charge < -0.3 is 0 Å². The Balaban J connectivity index is 2.66. The van der Waals surface area contributed by atoms with Gasteiger partial charge in [-0.1, -0.05) is 27.2 Å². The summed E-state index contributed by atoms with van der Waals surface area (Å²) in [6, 6.07) is 0. The topological polar surface area (TPSA) is 34.1 Å². The van der Waals surface area contributed by atoms with Crippen molar-refractivity contribution in [3.05, 3.63) is 0 Å². The van der Waals surface area contributed by atoms with Crippen LogP contribution in [0.25, 0.3) is 0 Å². The van der Waals surface area contributed by atoms with Crippen molar-refractivity contribution in [1.82, 2.24) is 0 Å². The first-order valence-electron chi connectivity index (χ1n) is 7.42. The Hall–Kier alpha value is 0.240. The largest absolute Gasteiger partial charge is 0.229 e. The van der Waals surface area contributed by atoms with E-state index in [1.165, 1.54) is 6.42 Å². The molecule has 0 spiro atoms. The molecule has 0 amide bonds. The maximum atomic E-state index is 12.0. The van der Waals surface area contributed by atoms with Gasteiger partial charge in [-0.15, -0.1) is 11.6 Å². The fourth-order valence-electron chi connectivity index (χ4n) is 3.02. The lowest BCUT2D eigenvalue weighted by molar-refractivity contribution is 0.138. The van der Waals surface area contributed by atoms with Gasteiger partial charge in [-0.05, 0) is 50.4 Å². The molecule has 0 saturated heterocycles. The zero-order valence-corrected chi connectivity index (χ0v) is 14.5. The van der Waals surface area contributed by atoms with E-state index < -0.39 is 9.84 Å². The minimum atomic E-state index is -2.94. The van der Waals surface area contributed by atoms with E-state index in [0.29, 0.717) is 11.8 Å². The lowest BCUT2D eigenvalue weighted by Gasteiger charge is -2.42. The van der Waals surface area contributed by atoms with Gasteiger partial charge >= 0.3 is 0 Å². The Bertz CT molecular complexity index is 387. The van der Waals surface area contributed by atoms with Crippen molar-refractivity contribution in [2.75, 3.05) is 5.75 Å². The number of hydrogen-bond donors (Lipinski definition) is 0. The summed E-state index contributed by atoms with van der Waals surface area (Å²) in [7, 11) is -2.94. The van der Waals surface area contributed by atoms with Crippen LogP contribution in [0.5, 0.6) is 0 Å². The highest BCUT2D eigenvalue weighted by molar-refractivity contribution is 7.91. The second-order valence-electron chi connectivity index (χ2n) is 7.20. The fourth-order valence-corrected chi connectivity index (χ4v) is 5.07. The number of halogens is 1. The molecule has 1 aliphatic rings. The summed E-state index contributed by atoms with van der Waals surface area (Å²) < 4.78 is 23.9. The first-order chi connectivity index (χ1) is 8.56. The second-order valence-corrected chi connectivity index (χ2v) is 10.4. The van der Waals surface area contributed by atoms with Crippen molar-refractivity contribution < 1.29 is 8.42 Å². The zero-order valence-electron chi connectivity index (χ0n) is 12.9. The van der Waals surface area contributed by atoms with Crippen LogP contribution in [0, 0.1) is 17.3 Å². The number of hydrogen-bond acceptors (Lipinski definition) is 2. The molecule has 3 unspecified atom stereocenters. The lowest BCUT2D eigenvalue weighted by atomic mass is 9.67. The van der Waals surface area contributed by atoms with Gasteiger partial charge in [0.05, 0.1) is 11.0 Å². The van der Waals surface area contributed by atoms with Crippen LogP contribution >= 0.6 is 11.6 Å². The summed E-state index contributed by atoms with van der Waals surface area (Å²) in [4.78, 5) is 0. The van der Waals surface area contributed by atoms with Crippen molar-refractivity contribution in [3.63, 3.8) is 0 Å². The molecule has 2 nitrogen and oxygen atoms in total. The highest BCUT2D eigenvalue weighted by Crippen LogP contribution is 2.44. The normalized spacial score (nSPS) is 29.7. The third kappa shape index (κ3) is 4.63. The smallest absolute Gasteiger partial charge is 0.152 e. The summed E-state index contributed by atoms with van der Waals surface area (Å²) >= 11 is 6.53. The van der Waals surface area contributed by atoms with Crippen molar-refractivity contribution in [2.24, 2.45) is 17.3 Å². The van der Waals surface area contributed by atoms with Gasteiger partial charge in [0.25, 0.3) is 0 Å². The SMILES string of the molecule is CC1CCC(C(C)(C)CCS(=O)(=O)C(C)C)C(Cl)C1. The van der Waals surface area contributed by atoms with E-state index in [9.17, 15) is 8.42 Å². The van der Waals surface area contributed by atoms with Crippen LogP contribution < -0.4 is 0 Å². The molecule has 1 saturated carbocycles. The minimum Gasteiger partial charge on any atom is -0.229 e. The molecular formula is C15H29ClO2S. The predicted octanol–water partition coefficient (Wildman–Crippen LogP) is 4.27. The summed E-state index contributed by atoms with van der Waals surface area (Å²) in [6.07, 6.45) is 4.13. The molecule has 3 atom stereocenters. The van der Waals surface area contributed by atoms with Crippen LogP contribution in [0.4, 0.5) is 0 Å². The first-order valence-corrected chi connectivity index (χ1v) is 9.57. The van der Waals surface area contributed by atoms with Crippen molar-refractivity contribution in [1.29, 1.82) is 0 Å². The molecule has 0 aromatic rings. The molecule has 0 bridgehead atoms. The van der Waals surface area contributed by atoms with Gasteiger partial charge in [-0.3, -0.25) is 0 Å². The van der Waals surface area contributed by atoms with Crippen LogP contribution in [0.1, 0.15) is 60.3 Å². The summed E-state index contributed by atoms with van der Waals surface area (Å²) in [5, 5.41) is -0.0815. The van der Waals surface area contributed by atoms with E-state index in [1.54, 1.807) is 13.8 Å². The summed E-state index contributed by atoms with van der Waals surface area (Å²) in [6.45, 7) is 10.1. The molecular weight excluding hydrogens is 280 g/mol. The average Bonchev–Trinajstić information content (AvgIpc) is 2.26. The van der Waals surface area contributed by atoms with Gasteiger partial charge in [0, 0.05) is 5.38 Å². The Morgan fingerprint density at radius 3 is 2.32 bits per heavy atom. The van der Waals surface area contributed by atoms with Crippen LogP contribution in [-0.4, -0.2) is 24.8 Å². The standard InChI is InChI=1S/C15H29ClO2S/c1-11(2)19(17,18)9-8-15(4,5)13-7-6-12(3)10-14(13)16/h11-14H,6-10H2,1-5H3. The minimum absolute atomic E-state index is 0.00845. The highest BCUT2D eigenvalue weighted by Gasteiger charge is 2.38. The molecule has 1 rings (SSSR count). The van der Waals surface area contributed by atoms with Crippen LogP contribution in [0.3, 0.4) is 0 Å². The Morgan fingerprint density at radius 1 is 1.26 bits per heavy atom. The maximum absolute atomic E-state index is 12.0. The van der Waals surface area contributed by atoms with Gasteiger partial charge in [0.1, 0.15) is 0 Å². The second kappa shape index (κ2) is 6.34. The number of alkyl halides is 1. The van der Waals surface area contributed by atoms with E-state index in [4.69, 9.17) is 11.6 Å². The summed E-state index contributed by atoms with van der Waals surface area (Å²) in [5.74, 6) is 1.43. The molecule has 114 valence electrons. The molecule has 0 aromatic carbocycles. The Labute approximate surface area is 124 Å². The van der Waals surface area contributed by atoms with Crippen molar-refractivity contribution in [3.8, 4) is 0 Å². The van der Waals surface area contributed by atoms with Gasteiger partial charge in [-0.25, -0.2) is 8.42 Å². The molecule has 0 heterocycles. The third-order valence-corrected chi connectivity index (χ3v) is 7.48. The van der Waals surface area contributed by atoms with E-state index in [0.717, 1.165) is 19.3 Å². The predicted molar refractivity (Wildman–Crippen MR) is 83.5 cm³/mol. The quantitative estimate of drug-likeness (QED) is 0.711. The van der Waals surface area contributed by atoms with E-state index >= 15 is 0 Å². The fraction of sp³-hybridized carbons (Fsp3) is 1.00. The van der Waals surface area contributed by atoms with Gasteiger partial charge in [0.15, 0.2) is 9.84 Å². The van der Waals surface area contributed by atoms with Crippen molar-refractivity contribution >= 4 is 21.4 Å². The third-order valence-electron chi connectivity index (χ3n) is 4.79.